The molecule has 10 heteroatoms. The fraction of sp³-hybridized carbons (Fsp3) is 0.370. The molecule has 1 amide bonds. The largest absolute Gasteiger partial charge is 0.452 e. The van der Waals surface area contributed by atoms with Gasteiger partial charge in [0.15, 0.2) is 6.61 Å². The van der Waals surface area contributed by atoms with Gasteiger partial charge in [0, 0.05) is 29.9 Å². The number of rotatable bonds is 6. The first kappa shape index (κ1) is 25.3. The van der Waals surface area contributed by atoms with Gasteiger partial charge in [-0.15, -0.1) is 0 Å². The van der Waals surface area contributed by atoms with Gasteiger partial charge in [-0.1, -0.05) is 31.2 Å². The number of aromatic nitrogens is 1. The quantitative estimate of drug-likeness (QED) is 0.494. The molecule has 1 aliphatic carbocycles. The van der Waals surface area contributed by atoms with E-state index in [1.165, 1.54) is 16.4 Å². The van der Waals surface area contributed by atoms with Crippen molar-refractivity contribution in [3.63, 3.8) is 0 Å². The maximum Gasteiger partial charge on any atom is 0.339 e. The third kappa shape index (κ3) is 5.36. The number of anilines is 1. The van der Waals surface area contributed by atoms with Gasteiger partial charge in [0.25, 0.3) is 5.91 Å². The normalized spacial score (nSPS) is 18.2. The Morgan fingerprint density at radius 2 is 1.92 bits per heavy atom. The van der Waals surface area contributed by atoms with Crippen molar-refractivity contribution < 1.29 is 27.5 Å². The zero-order valence-corrected chi connectivity index (χ0v) is 21.4. The molecule has 9 nitrogen and oxygen atoms in total. The lowest BCUT2D eigenvalue weighted by molar-refractivity contribution is -0.119. The van der Waals surface area contributed by atoms with Crippen molar-refractivity contribution in [2.45, 2.75) is 31.1 Å². The van der Waals surface area contributed by atoms with Crippen LogP contribution < -0.4 is 5.32 Å². The maximum atomic E-state index is 13.2. The predicted molar refractivity (Wildman–Crippen MR) is 138 cm³/mol. The second-order valence-electron chi connectivity index (χ2n) is 9.45. The molecule has 1 aromatic heterocycles. The molecule has 0 radical (unpaired) electrons. The zero-order chi connectivity index (χ0) is 26.0. The summed E-state index contributed by atoms with van der Waals surface area (Å²) in [4.78, 5) is 30.7. The molecule has 1 saturated heterocycles. The number of hydrogen-bond donors (Lipinski definition) is 1. The lowest BCUT2D eigenvalue weighted by Gasteiger charge is -2.26. The SMILES string of the molecule is CC1CCc2nc3ccccc3c(C(=O)OCC(=O)Nc3cccc(S(=O)(=O)N4CCOCC4)c3)c2C1. The maximum absolute atomic E-state index is 13.2. The van der Waals surface area contributed by atoms with Crippen LogP contribution in [-0.2, 0) is 37.1 Å². The van der Waals surface area contributed by atoms with Gasteiger partial charge in [0.1, 0.15) is 0 Å². The third-order valence-electron chi connectivity index (χ3n) is 6.77. The molecule has 1 fully saturated rings. The molecule has 1 aliphatic heterocycles. The van der Waals surface area contributed by atoms with Crippen LogP contribution in [0.1, 0.15) is 35.0 Å². The van der Waals surface area contributed by atoms with Crippen LogP contribution in [0.3, 0.4) is 0 Å². The number of nitrogens with zero attached hydrogens (tertiary/aromatic N) is 2. The van der Waals surface area contributed by atoms with Gasteiger partial charge >= 0.3 is 5.97 Å². The Morgan fingerprint density at radius 1 is 1.14 bits per heavy atom. The van der Waals surface area contributed by atoms with Gasteiger partial charge in [0.05, 0.1) is 29.2 Å². The van der Waals surface area contributed by atoms with Crippen LogP contribution in [0.2, 0.25) is 0 Å². The number of hydrogen-bond acceptors (Lipinski definition) is 7. The first-order valence-corrected chi connectivity index (χ1v) is 13.8. The van der Waals surface area contributed by atoms with E-state index in [1.54, 1.807) is 12.1 Å². The summed E-state index contributed by atoms with van der Waals surface area (Å²) in [5.41, 5.74) is 3.30. The number of carbonyl (C=O) groups is 2. The van der Waals surface area contributed by atoms with E-state index in [-0.39, 0.29) is 18.0 Å². The monoisotopic (exact) mass is 523 g/mol. The van der Waals surface area contributed by atoms with Gasteiger partial charge in [-0.25, -0.2) is 13.2 Å². The number of carbonyl (C=O) groups excluding carboxylic acids is 2. The number of amides is 1. The highest BCUT2D eigenvalue weighted by Gasteiger charge is 2.28. The first-order chi connectivity index (χ1) is 17.8. The number of esters is 1. The molecule has 0 spiro atoms. The highest BCUT2D eigenvalue weighted by molar-refractivity contribution is 7.89. The number of benzene rings is 2. The van der Waals surface area contributed by atoms with Crippen LogP contribution in [0.5, 0.6) is 0 Å². The molecule has 0 bridgehead atoms. The van der Waals surface area contributed by atoms with Gasteiger partial charge in [-0.05, 0) is 55.0 Å². The minimum Gasteiger partial charge on any atom is -0.452 e. The minimum absolute atomic E-state index is 0.0770. The van der Waals surface area contributed by atoms with Gasteiger partial charge in [-0.3, -0.25) is 9.78 Å². The third-order valence-corrected chi connectivity index (χ3v) is 8.66. The molecule has 2 aromatic carbocycles. The molecule has 2 aliphatic rings. The Labute approximate surface area is 215 Å². The van der Waals surface area contributed by atoms with Crippen LogP contribution in [0, 0.1) is 5.92 Å². The average Bonchev–Trinajstić information content (AvgIpc) is 2.91. The second kappa shape index (κ2) is 10.6. The Morgan fingerprint density at radius 3 is 2.73 bits per heavy atom. The summed E-state index contributed by atoms with van der Waals surface area (Å²) in [6.45, 7) is 2.89. The fourth-order valence-electron chi connectivity index (χ4n) is 4.87. The van der Waals surface area contributed by atoms with E-state index in [9.17, 15) is 18.0 Å². The Balaban J connectivity index is 1.30. The average molecular weight is 524 g/mol. The van der Waals surface area contributed by atoms with Crippen molar-refractivity contribution >= 4 is 38.5 Å². The number of nitrogens with one attached hydrogen (secondary N) is 1. The smallest absolute Gasteiger partial charge is 0.339 e. The van der Waals surface area contributed by atoms with Gasteiger partial charge in [0.2, 0.25) is 10.0 Å². The number of sulfonamides is 1. The van der Waals surface area contributed by atoms with Crippen molar-refractivity contribution in [1.82, 2.24) is 9.29 Å². The summed E-state index contributed by atoms with van der Waals surface area (Å²) >= 11 is 0. The van der Waals surface area contributed by atoms with E-state index >= 15 is 0 Å². The summed E-state index contributed by atoms with van der Waals surface area (Å²) in [5.74, 6) is -0.705. The molecule has 1 unspecified atom stereocenters. The van der Waals surface area contributed by atoms with E-state index in [0.29, 0.717) is 35.8 Å². The topological polar surface area (TPSA) is 115 Å². The molecule has 194 valence electrons. The molecule has 1 atom stereocenters. The van der Waals surface area contributed by atoms with Crippen LogP contribution in [-0.4, -0.2) is 62.5 Å². The fourth-order valence-corrected chi connectivity index (χ4v) is 6.32. The van der Waals surface area contributed by atoms with E-state index in [4.69, 9.17) is 14.5 Å². The predicted octanol–water partition coefficient (Wildman–Crippen LogP) is 3.18. The number of fused-ring (bicyclic) bond motifs is 2. The molecule has 0 saturated carbocycles. The molecular formula is C27H29N3O6S. The summed E-state index contributed by atoms with van der Waals surface area (Å²) in [6.07, 6.45) is 2.54. The van der Waals surface area contributed by atoms with Crippen LogP contribution >= 0.6 is 0 Å². The van der Waals surface area contributed by atoms with E-state index in [2.05, 4.69) is 12.2 Å². The first-order valence-electron chi connectivity index (χ1n) is 12.4. The van der Waals surface area contributed by atoms with Gasteiger partial charge in [-0.2, -0.15) is 4.31 Å². The zero-order valence-electron chi connectivity index (χ0n) is 20.6. The number of morpholine rings is 1. The van der Waals surface area contributed by atoms with Crippen molar-refractivity contribution in [2.24, 2.45) is 5.92 Å². The number of aryl methyl sites for hydroxylation is 1. The summed E-state index contributed by atoms with van der Waals surface area (Å²) in [5, 5.41) is 3.34. The number of ether oxygens (including phenoxy) is 2. The van der Waals surface area contributed by atoms with Crippen molar-refractivity contribution in [1.29, 1.82) is 0 Å². The summed E-state index contributed by atoms with van der Waals surface area (Å²) in [6, 6.07) is 13.5. The van der Waals surface area contributed by atoms with E-state index in [0.717, 1.165) is 36.0 Å². The standard InChI is InChI=1S/C27H29N3O6S/c1-18-9-10-24-22(15-18)26(21-7-2-3-8-23(21)29-24)27(32)36-17-25(31)28-19-5-4-6-20(16-19)37(33,34)30-11-13-35-14-12-30/h2-8,16,18H,9-15,17H2,1H3,(H,28,31). The van der Waals surface area contributed by atoms with E-state index < -0.39 is 28.5 Å². The van der Waals surface area contributed by atoms with E-state index in [1.807, 2.05) is 24.3 Å². The second-order valence-corrected chi connectivity index (χ2v) is 11.4. The number of pyridine rings is 1. The molecule has 2 heterocycles. The summed E-state index contributed by atoms with van der Waals surface area (Å²) < 4.78 is 37.9. The van der Waals surface area contributed by atoms with Gasteiger partial charge < -0.3 is 14.8 Å². The molecule has 1 N–H and O–H groups in total. The molecule has 3 aromatic rings. The lowest BCUT2D eigenvalue weighted by atomic mass is 9.84. The molecule has 5 rings (SSSR count). The summed E-state index contributed by atoms with van der Waals surface area (Å²) in [7, 11) is -3.71. The highest BCUT2D eigenvalue weighted by Crippen LogP contribution is 2.32. The molecular weight excluding hydrogens is 494 g/mol. The molecule has 37 heavy (non-hydrogen) atoms. The Hall–Kier alpha value is -3.34. The lowest BCUT2D eigenvalue weighted by Crippen LogP contribution is -2.40. The Kier molecular flexibility index (Phi) is 7.23. The number of para-hydroxylation sites is 1. The highest BCUT2D eigenvalue weighted by atomic mass is 32.2. The van der Waals surface area contributed by atoms with Crippen molar-refractivity contribution in [3.05, 3.63) is 65.4 Å². The van der Waals surface area contributed by atoms with Crippen LogP contribution in [0.25, 0.3) is 10.9 Å². The van der Waals surface area contributed by atoms with Crippen LogP contribution in [0.4, 0.5) is 5.69 Å². The van der Waals surface area contributed by atoms with Crippen molar-refractivity contribution in [3.8, 4) is 0 Å². The van der Waals surface area contributed by atoms with Crippen LogP contribution in [0.15, 0.2) is 53.4 Å². The van der Waals surface area contributed by atoms with Crippen molar-refractivity contribution in [2.75, 3.05) is 38.2 Å². The minimum atomic E-state index is -3.71. The Bertz CT molecular complexity index is 1450.